The molecule has 118 valence electrons. The van der Waals surface area contributed by atoms with E-state index in [0.29, 0.717) is 12.1 Å². The zero-order valence-corrected chi connectivity index (χ0v) is 13.1. The quantitative estimate of drug-likeness (QED) is 0.812. The van der Waals surface area contributed by atoms with Crippen molar-refractivity contribution in [1.82, 2.24) is 15.5 Å². The lowest BCUT2D eigenvalue weighted by atomic mass is 9.88. The van der Waals surface area contributed by atoms with E-state index in [9.17, 15) is 9.59 Å². The first kappa shape index (κ1) is 14.8. The molecule has 0 aromatic rings. The van der Waals surface area contributed by atoms with E-state index < -0.39 is 0 Å². The molecule has 3 atom stereocenters. The van der Waals surface area contributed by atoms with E-state index >= 15 is 0 Å². The van der Waals surface area contributed by atoms with E-state index in [1.54, 1.807) is 0 Å². The fraction of sp³-hybridized carbons (Fsp3) is 0.875. The first-order valence-corrected chi connectivity index (χ1v) is 8.40. The lowest BCUT2D eigenvalue weighted by molar-refractivity contribution is -0.135. The molecule has 0 spiro atoms. The Morgan fingerprint density at radius 3 is 2.38 bits per heavy atom. The summed E-state index contributed by atoms with van der Waals surface area (Å²) in [5.41, 5.74) is 0. The maximum absolute atomic E-state index is 12.4. The minimum atomic E-state index is 0.0660. The number of carbonyl (C=O) groups is 2. The van der Waals surface area contributed by atoms with Gasteiger partial charge in [-0.1, -0.05) is 13.8 Å². The molecule has 0 radical (unpaired) electrons. The van der Waals surface area contributed by atoms with Gasteiger partial charge in [0.15, 0.2) is 0 Å². The van der Waals surface area contributed by atoms with Gasteiger partial charge in [0.1, 0.15) is 0 Å². The molecule has 2 N–H and O–H groups in total. The van der Waals surface area contributed by atoms with E-state index in [4.69, 9.17) is 0 Å². The second kappa shape index (κ2) is 5.95. The normalized spacial score (nSPS) is 32.7. The molecule has 0 aromatic carbocycles. The molecule has 3 saturated heterocycles. The van der Waals surface area contributed by atoms with Gasteiger partial charge in [-0.3, -0.25) is 9.59 Å². The van der Waals surface area contributed by atoms with Crippen molar-refractivity contribution < 1.29 is 9.59 Å². The lowest BCUT2D eigenvalue weighted by Gasteiger charge is -2.34. The van der Waals surface area contributed by atoms with Crippen molar-refractivity contribution in [3.8, 4) is 0 Å². The van der Waals surface area contributed by atoms with E-state index in [2.05, 4.69) is 10.6 Å². The van der Waals surface area contributed by atoms with E-state index in [1.165, 1.54) is 6.42 Å². The monoisotopic (exact) mass is 293 g/mol. The van der Waals surface area contributed by atoms with Crippen molar-refractivity contribution in [3.05, 3.63) is 0 Å². The number of nitrogens with zero attached hydrogens (tertiary/aromatic N) is 1. The van der Waals surface area contributed by atoms with Crippen LogP contribution in [0.25, 0.3) is 0 Å². The summed E-state index contributed by atoms with van der Waals surface area (Å²) in [5.74, 6) is 0.691. The zero-order chi connectivity index (χ0) is 15.0. The smallest absolute Gasteiger partial charge is 0.225 e. The summed E-state index contributed by atoms with van der Waals surface area (Å²) in [5, 5.41) is 6.73. The Labute approximate surface area is 126 Å². The molecule has 3 aliphatic rings. The number of hydrogen-bond donors (Lipinski definition) is 2. The van der Waals surface area contributed by atoms with Gasteiger partial charge in [0, 0.05) is 37.1 Å². The van der Waals surface area contributed by atoms with Crippen LogP contribution in [0, 0.1) is 11.8 Å². The van der Waals surface area contributed by atoms with Gasteiger partial charge >= 0.3 is 0 Å². The van der Waals surface area contributed by atoms with Gasteiger partial charge in [0.2, 0.25) is 11.8 Å². The van der Waals surface area contributed by atoms with Crippen LogP contribution in [0.15, 0.2) is 0 Å². The van der Waals surface area contributed by atoms with Crippen LogP contribution in [0.2, 0.25) is 0 Å². The predicted octanol–water partition coefficient (Wildman–Crippen LogP) is 0.890. The van der Waals surface area contributed by atoms with Crippen LogP contribution in [0.3, 0.4) is 0 Å². The molecule has 21 heavy (non-hydrogen) atoms. The van der Waals surface area contributed by atoms with Crippen molar-refractivity contribution in [2.24, 2.45) is 11.8 Å². The van der Waals surface area contributed by atoms with Crippen LogP contribution in [0.1, 0.15) is 46.0 Å². The molecule has 2 bridgehead atoms. The molecule has 3 unspecified atom stereocenters. The first-order chi connectivity index (χ1) is 10.0. The molecule has 0 aliphatic carbocycles. The summed E-state index contributed by atoms with van der Waals surface area (Å²) in [4.78, 5) is 26.3. The molecular weight excluding hydrogens is 266 g/mol. The Bertz CT molecular complexity index is 416. The SMILES string of the molecule is CC(C)C(=O)N1CCC(NC(=O)C2CC3CCC2N3)CC1. The van der Waals surface area contributed by atoms with Crippen molar-refractivity contribution in [1.29, 1.82) is 0 Å². The van der Waals surface area contributed by atoms with Gasteiger partial charge < -0.3 is 15.5 Å². The maximum atomic E-state index is 12.4. The largest absolute Gasteiger partial charge is 0.353 e. The summed E-state index contributed by atoms with van der Waals surface area (Å²) >= 11 is 0. The Balaban J connectivity index is 1.45. The Hall–Kier alpha value is -1.10. The number of hydrogen-bond acceptors (Lipinski definition) is 3. The van der Waals surface area contributed by atoms with Gasteiger partial charge in [-0.2, -0.15) is 0 Å². The maximum Gasteiger partial charge on any atom is 0.225 e. The fourth-order valence-electron chi connectivity index (χ4n) is 4.03. The molecule has 0 aromatic heterocycles. The molecule has 3 fully saturated rings. The van der Waals surface area contributed by atoms with Crippen molar-refractivity contribution in [3.63, 3.8) is 0 Å². The third-order valence-electron chi connectivity index (χ3n) is 5.28. The average molecular weight is 293 g/mol. The van der Waals surface area contributed by atoms with Gasteiger partial charge in [-0.15, -0.1) is 0 Å². The molecule has 5 heteroatoms. The summed E-state index contributed by atoms with van der Waals surface area (Å²) < 4.78 is 0. The minimum absolute atomic E-state index is 0.0660. The number of likely N-dealkylation sites (tertiary alicyclic amines) is 1. The molecule has 0 saturated carbocycles. The van der Waals surface area contributed by atoms with Crippen molar-refractivity contribution in [2.75, 3.05) is 13.1 Å². The Morgan fingerprint density at radius 2 is 1.86 bits per heavy atom. The van der Waals surface area contributed by atoms with Gasteiger partial charge in [0.25, 0.3) is 0 Å². The van der Waals surface area contributed by atoms with Crippen LogP contribution >= 0.6 is 0 Å². The fourth-order valence-corrected chi connectivity index (χ4v) is 4.03. The average Bonchev–Trinajstić information content (AvgIpc) is 3.10. The summed E-state index contributed by atoms with van der Waals surface area (Å²) in [6.45, 7) is 5.44. The third kappa shape index (κ3) is 3.07. The molecule has 3 aliphatic heterocycles. The number of carbonyl (C=O) groups excluding carboxylic acids is 2. The number of fused-ring (bicyclic) bond motifs is 2. The van der Waals surface area contributed by atoms with Gasteiger partial charge in [-0.05, 0) is 32.1 Å². The highest BCUT2D eigenvalue weighted by molar-refractivity contribution is 5.80. The third-order valence-corrected chi connectivity index (χ3v) is 5.28. The van der Waals surface area contributed by atoms with Crippen LogP contribution in [-0.2, 0) is 9.59 Å². The molecule has 5 nitrogen and oxygen atoms in total. The van der Waals surface area contributed by atoms with E-state index in [0.717, 1.165) is 38.8 Å². The summed E-state index contributed by atoms with van der Waals surface area (Å²) in [7, 11) is 0. The topological polar surface area (TPSA) is 61.4 Å². The predicted molar refractivity (Wildman–Crippen MR) is 80.6 cm³/mol. The second-order valence-corrected chi connectivity index (χ2v) is 7.15. The molecule has 3 rings (SSSR count). The minimum Gasteiger partial charge on any atom is -0.353 e. The number of rotatable bonds is 3. The number of amides is 2. The lowest BCUT2D eigenvalue weighted by Crippen LogP contribution is -2.49. The molecule has 2 amide bonds. The summed E-state index contributed by atoms with van der Waals surface area (Å²) in [6, 6.07) is 1.21. The van der Waals surface area contributed by atoms with Crippen LogP contribution < -0.4 is 10.6 Å². The van der Waals surface area contributed by atoms with Crippen molar-refractivity contribution in [2.45, 2.75) is 64.1 Å². The van der Waals surface area contributed by atoms with E-state index in [1.807, 2.05) is 18.7 Å². The van der Waals surface area contributed by atoms with Crippen LogP contribution in [0.5, 0.6) is 0 Å². The highest BCUT2D eigenvalue weighted by atomic mass is 16.2. The van der Waals surface area contributed by atoms with Crippen LogP contribution in [-0.4, -0.2) is 47.9 Å². The number of nitrogens with one attached hydrogen (secondary N) is 2. The van der Waals surface area contributed by atoms with Gasteiger partial charge in [0.05, 0.1) is 5.92 Å². The standard InChI is InChI=1S/C16H27N3O2/c1-10(2)16(21)19-7-5-11(6-8-19)18-15(20)13-9-12-3-4-14(13)17-12/h10-14,17H,3-9H2,1-2H3,(H,18,20). The Kier molecular flexibility index (Phi) is 4.20. The molecule has 3 heterocycles. The number of piperidine rings is 1. The highest BCUT2D eigenvalue weighted by Crippen LogP contribution is 2.33. The zero-order valence-electron chi connectivity index (χ0n) is 13.1. The molecular formula is C16H27N3O2. The van der Waals surface area contributed by atoms with Crippen molar-refractivity contribution >= 4 is 11.8 Å². The summed E-state index contributed by atoms with van der Waals surface area (Å²) in [6.07, 6.45) is 5.15. The Morgan fingerprint density at radius 1 is 1.14 bits per heavy atom. The van der Waals surface area contributed by atoms with Gasteiger partial charge in [-0.25, -0.2) is 0 Å². The first-order valence-electron chi connectivity index (χ1n) is 8.40. The highest BCUT2D eigenvalue weighted by Gasteiger charge is 2.43. The second-order valence-electron chi connectivity index (χ2n) is 7.15. The van der Waals surface area contributed by atoms with Crippen LogP contribution in [0.4, 0.5) is 0 Å². The van der Waals surface area contributed by atoms with E-state index in [-0.39, 0.29) is 29.7 Å².